The summed E-state index contributed by atoms with van der Waals surface area (Å²) < 4.78 is 0. The number of anilines is 1. The lowest BCUT2D eigenvalue weighted by Crippen LogP contribution is -2.40. The third-order valence-electron chi connectivity index (χ3n) is 4.13. The van der Waals surface area contributed by atoms with Crippen molar-refractivity contribution in [3.05, 3.63) is 33.5 Å². The standard InChI is InChI=1S/C17H22N4O2S2/c1-12(22)19-17-20-15(11-25-17)16(23)18-8-13-4-2-6-21(9-13)10-14-5-3-7-24-14/h3,5,7,11,13H,2,4,6,8-10H2,1H3,(H,18,23)(H,19,20,22)/t13-/m1/s1. The van der Waals surface area contributed by atoms with Crippen LogP contribution in [0.4, 0.5) is 5.13 Å². The summed E-state index contributed by atoms with van der Waals surface area (Å²) in [5.74, 6) is 0.101. The molecule has 1 aliphatic heterocycles. The number of aromatic nitrogens is 1. The molecule has 6 nitrogen and oxygen atoms in total. The smallest absolute Gasteiger partial charge is 0.270 e. The first kappa shape index (κ1) is 18.0. The Kier molecular flexibility index (Phi) is 6.17. The average molecular weight is 379 g/mol. The quantitative estimate of drug-likeness (QED) is 0.811. The summed E-state index contributed by atoms with van der Waals surface area (Å²) in [5, 5.41) is 9.82. The molecule has 2 aromatic heterocycles. The van der Waals surface area contributed by atoms with Crippen molar-refractivity contribution in [2.24, 2.45) is 5.92 Å². The summed E-state index contributed by atoms with van der Waals surface area (Å²) in [6.45, 7) is 5.20. The maximum Gasteiger partial charge on any atom is 0.270 e. The van der Waals surface area contributed by atoms with Crippen LogP contribution < -0.4 is 10.6 Å². The van der Waals surface area contributed by atoms with Gasteiger partial charge in [0.15, 0.2) is 5.13 Å². The van der Waals surface area contributed by atoms with Crippen molar-refractivity contribution in [3.63, 3.8) is 0 Å². The van der Waals surface area contributed by atoms with Crippen LogP contribution in [0.15, 0.2) is 22.9 Å². The minimum absolute atomic E-state index is 0.178. The van der Waals surface area contributed by atoms with Gasteiger partial charge >= 0.3 is 0 Å². The van der Waals surface area contributed by atoms with E-state index in [0.717, 1.165) is 32.5 Å². The van der Waals surface area contributed by atoms with Crippen molar-refractivity contribution in [3.8, 4) is 0 Å². The Bertz CT molecular complexity index is 714. The molecule has 2 amide bonds. The highest BCUT2D eigenvalue weighted by Crippen LogP contribution is 2.20. The number of carbonyl (C=O) groups excluding carboxylic acids is 2. The van der Waals surface area contributed by atoms with Gasteiger partial charge in [-0.25, -0.2) is 4.98 Å². The molecule has 25 heavy (non-hydrogen) atoms. The summed E-state index contributed by atoms with van der Waals surface area (Å²) in [6, 6.07) is 4.26. The SMILES string of the molecule is CC(=O)Nc1nc(C(=O)NC[C@H]2CCCN(Cc3cccs3)C2)cs1. The van der Waals surface area contributed by atoms with Crippen LogP contribution in [0.25, 0.3) is 0 Å². The van der Waals surface area contributed by atoms with Crippen molar-refractivity contribution in [2.45, 2.75) is 26.3 Å². The summed E-state index contributed by atoms with van der Waals surface area (Å²) in [7, 11) is 0. The molecule has 0 spiro atoms. The van der Waals surface area contributed by atoms with Crippen molar-refractivity contribution in [1.29, 1.82) is 0 Å². The molecule has 1 saturated heterocycles. The van der Waals surface area contributed by atoms with Crippen LogP contribution >= 0.6 is 22.7 Å². The third-order valence-corrected chi connectivity index (χ3v) is 5.75. The highest BCUT2D eigenvalue weighted by Gasteiger charge is 2.21. The Morgan fingerprint density at radius 3 is 3.04 bits per heavy atom. The van der Waals surface area contributed by atoms with Crippen molar-refractivity contribution >= 4 is 39.6 Å². The summed E-state index contributed by atoms with van der Waals surface area (Å²) in [6.07, 6.45) is 2.30. The Hall–Kier alpha value is -1.77. The number of thiazole rings is 1. The molecule has 0 aromatic carbocycles. The molecule has 2 aromatic rings. The molecule has 3 rings (SSSR count). The largest absolute Gasteiger partial charge is 0.350 e. The van der Waals surface area contributed by atoms with Gasteiger partial charge in [-0.1, -0.05) is 6.07 Å². The zero-order chi connectivity index (χ0) is 17.6. The van der Waals surface area contributed by atoms with Gasteiger partial charge in [-0.3, -0.25) is 14.5 Å². The van der Waals surface area contributed by atoms with Gasteiger partial charge in [-0.2, -0.15) is 0 Å². The van der Waals surface area contributed by atoms with Crippen LogP contribution in [0.5, 0.6) is 0 Å². The number of carbonyl (C=O) groups is 2. The van der Waals surface area contributed by atoms with Crippen LogP contribution in [0, 0.1) is 5.92 Å². The maximum absolute atomic E-state index is 12.2. The fourth-order valence-corrected chi connectivity index (χ4v) is 4.48. The second-order valence-electron chi connectivity index (χ2n) is 6.25. The van der Waals surface area contributed by atoms with Gasteiger partial charge in [0.1, 0.15) is 5.69 Å². The number of nitrogens with zero attached hydrogens (tertiary/aromatic N) is 2. The van der Waals surface area contributed by atoms with Crippen LogP contribution in [0.2, 0.25) is 0 Å². The van der Waals surface area contributed by atoms with Gasteiger partial charge in [-0.05, 0) is 36.8 Å². The van der Waals surface area contributed by atoms with Gasteiger partial charge in [0.05, 0.1) is 0 Å². The number of thiophene rings is 1. The van der Waals surface area contributed by atoms with Crippen LogP contribution in [0.1, 0.15) is 35.1 Å². The lowest BCUT2D eigenvalue weighted by molar-refractivity contribution is -0.114. The predicted molar refractivity (Wildman–Crippen MR) is 101 cm³/mol. The molecule has 0 aliphatic carbocycles. The number of likely N-dealkylation sites (tertiary alicyclic amines) is 1. The minimum Gasteiger partial charge on any atom is -0.350 e. The zero-order valence-corrected chi connectivity index (χ0v) is 15.8. The van der Waals surface area contributed by atoms with Crippen molar-refractivity contribution in [1.82, 2.24) is 15.2 Å². The molecule has 8 heteroatoms. The van der Waals surface area contributed by atoms with Crippen LogP contribution in [-0.4, -0.2) is 41.3 Å². The van der Waals surface area contributed by atoms with E-state index in [4.69, 9.17) is 0 Å². The number of hydrogen-bond donors (Lipinski definition) is 2. The van der Waals surface area contributed by atoms with Gasteiger partial charge in [-0.15, -0.1) is 22.7 Å². The first-order chi connectivity index (χ1) is 12.1. The molecule has 1 atom stereocenters. The van der Waals surface area contributed by atoms with E-state index in [1.807, 2.05) is 0 Å². The topological polar surface area (TPSA) is 74.3 Å². The molecule has 1 aliphatic rings. The summed E-state index contributed by atoms with van der Waals surface area (Å²) in [5.41, 5.74) is 0.361. The third kappa shape index (κ3) is 5.35. The number of hydrogen-bond acceptors (Lipinski definition) is 6. The second-order valence-corrected chi connectivity index (χ2v) is 8.14. The lowest BCUT2D eigenvalue weighted by atomic mass is 9.98. The van der Waals surface area contributed by atoms with Gasteiger partial charge < -0.3 is 10.6 Å². The molecule has 1 fully saturated rings. The number of rotatable bonds is 6. The molecular weight excluding hydrogens is 356 g/mol. The van der Waals surface area contributed by atoms with Gasteiger partial charge in [0.25, 0.3) is 5.91 Å². The Morgan fingerprint density at radius 1 is 1.40 bits per heavy atom. The predicted octanol–water partition coefficient (Wildman–Crippen LogP) is 2.81. The number of piperidine rings is 1. The molecule has 0 saturated carbocycles. The lowest BCUT2D eigenvalue weighted by Gasteiger charge is -2.32. The van der Waals surface area contributed by atoms with E-state index >= 15 is 0 Å². The van der Waals surface area contributed by atoms with E-state index in [1.54, 1.807) is 16.7 Å². The van der Waals surface area contributed by atoms with E-state index in [9.17, 15) is 9.59 Å². The highest BCUT2D eigenvalue weighted by atomic mass is 32.1. The first-order valence-corrected chi connectivity index (χ1v) is 10.1. The summed E-state index contributed by atoms with van der Waals surface area (Å²) in [4.78, 5) is 31.2. The average Bonchev–Trinajstić information content (AvgIpc) is 3.24. The minimum atomic E-state index is -0.186. The van der Waals surface area contributed by atoms with Crippen molar-refractivity contribution < 1.29 is 9.59 Å². The maximum atomic E-state index is 12.2. The number of amides is 2. The normalized spacial score (nSPS) is 18.0. The Labute approximate surface area is 155 Å². The molecule has 0 unspecified atom stereocenters. The van der Waals surface area contributed by atoms with Crippen molar-refractivity contribution in [2.75, 3.05) is 25.0 Å². The van der Waals surface area contributed by atoms with Gasteiger partial charge in [0, 0.05) is 36.8 Å². The monoisotopic (exact) mass is 378 g/mol. The fourth-order valence-electron chi connectivity index (χ4n) is 3.00. The van der Waals surface area contributed by atoms with Crippen LogP contribution in [-0.2, 0) is 11.3 Å². The molecular formula is C17H22N4O2S2. The highest BCUT2D eigenvalue weighted by molar-refractivity contribution is 7.14. The van der Waals surface area contributed by atoms with Gasteiger partial charge in [0.2, 0.25) is 5.91 Å². The Morgan fingerprint density at radius 2 is 2.28 bits per heavy atom. The van der Waals surface area contributed by atoms with E-state index in [1.165, 1.54) is 23.1 Å². The zero-order valence-electron chi connectivity index (χ0n) is 14.2. The molecule has 0 radical (unpaired) electrons. The van der Waals surface area contributed by atoms with Crippen LogP contribution in [0.3, 0.4) is 0 Å². The first-order valence-electron chi connectivity index (χ1n) is 8.36. The fraction of sp³-hybridized carbons (Fsp3) is 0.471. The van der Waals surface area contributed by atoms with E-state index < -0.39 is 0 Å². The molecule has 134 valence electrons. The summed E-state index contributed by atoms with van der Waals surface area (Å²) >= 11 is 3.05. The molecule has 2 N–H and O–H groups in total. The van der Waals surface area contributed by atoms with E-state index in [2.05, 4.69) is 38.0 Å². The molecule has 3 heterocycles. The molecule has 0 bridgehead atoms. The Balaban J connectivity index is 1.46. The number of nitrogens with one attached hydrogen (secondary N) is 2. The second kappa shape index (κ2) is 8.55. The van der Waals surface area contributed by atoms with E-state index in [0.29, 0.717) is 23.3 Å². The van der Waals surface area contributed by atoms with E-state index in [-0.39, 0.29) is 11.8 Å².